The van der Waals surface area contributed by atoms with Gasteiger partial charge in [0.15, 0.2) is 25.2 Å². The van der Waals surface area contributed by atoms with Gasteiger partial charge in [-0.25, -0.2) is 0 Å². The standard InChI is InChI=1S/C34H60N2O26/c1-9(42)35-17-23(50)20(47)13(5-39)56-32(17)62-30-22(49)16(59-34(27(30)54)60-28(12(45)4-38)19(46)11(44)3-37)8-55-31-18(36-10(2)43)24(51)29(15(7-41)58-31)61-33-26(53)25(52)21(48)14(6-40)57-33/h11-34,37-41,44-54H,3-8H2,1-2H3,(H,35,42)(H,36,43)/t11-,12+,13+,14+,15+,16+,17+,18+,19+,20+,21-,22-,23+,24+,25-,26+,27+,28+,29+,30-,31+,32-,33-,34-/m0/s1. The van der Waals surface area contributed by atoms with Gasteiger partial charge in [-0.15, -0.1) is 0 Å². The van der Waals surface area contributed by atoms with Crippen LogP contribution in [0.2, 0.25) is 0 Å². The number of hydrogen-bond acceptors (Lipinski definition) is 26. The molecule has 362 valence electrons. The molecule has 2 amide bonds. The molecule has 28 nitrogen and oxygen atoms in total. The van der Waals surface area contributed by atoms with E-state index in [0.717, 1.165) is 13.8 Å². The van der Waals surface area contributed by atoms with Gasteiger partial charge in [0.25, 0.3) is 0 Å². The SMILES string of the molecule is CC(=O)N[C@H]1[C@H](OC[C@H]2O[C@@H](O[C@@H]([C@H](O)[C@@H](O)CO)[C@H](O)CO)[C@H](O)[C@@H](O[C@@H]3O[C@H](CO)[C@@H](O)[C@H](O)[C@H]3NC(C)=O)[C@H]2O)O[C@H](CO)[C@@H](O[C@@H]2O[C@H](CO)[C@H](O)[C@H](O)[C@H]2O)[C@@H]1O. The Kier molecular flexibility index (Phi) is 19.9. The zero-order valence-corrected chi connectivity index (χ0v) is 33.3. The summed E-state index contributed by atoms with van der Waals surface area (Å²) in [6.45, 7) is -3.71. The number of carbonyl (C=O) groups is 2. The lowest BCUT2D eigenvalue weighted by atomic mass is 9.95. The minimum absolute atomic E-state index is 0.774. The average Bonchev–Trinajstić information content (AvgIpc) is 3.24. The Hall–Kier alpha value is -2.02. The Morgan fingerprint density at radius 3 is 1.53 bits per heavy atom. The summed E-state index contributed by atoms with van der Waals surface area (Å²) in [5, 5.41) is 172. The predicted octanol–water partition coefficient (Wildman–Crippen LogP) is -12.0. The number of ether oxygens (including phenoxy) is 8. The maximum absolute atomic E-state index is 12.3. The molecule has 4 saturated heterocycles. The Labute approximate surface area is 352 Å². The number of rotatable bonds is 19. The molecule has 62 heavy (non-hydrogen) atoms. The molecule has 4 aliphatic rings. The first-order valence-electron chi connectivity index (χ1n) is 19.5. The second-order valence-corrected chi connectivity index (χ2v) is 15.2. The van der Waals surface area contributed by atoms with Gasteiger partial charge < -0.3 is 130 Å². The first-order chi connectivity index (χ1) is 29.2. The molecule has 28 heteroatoms. The number of aliphatic hydroxyl groups is 16. The molecule has 0 unspecified atom stereocenters. The van der Waals surface area contributed by atoms with Crippen LogP contribution in [0, 0.1) is 0 Å². The van der Waals surface area contributed by atoms with Crippen molar-refractivity contribution in [3.63, 3.8) is 0 Å². The molecule has 0 aliphatic carbocycles. The summed E-state index contributed by atoms with van der Waals surface area (Å²) in [6, 6.07) is -3.26. The smallest absolute Gasteiger partial charge is 0.217 e. The van der Waals surface area contributed by atoms with Crippen LogP contribution in [0.15, 0.2) is 0 Å². The lowest BCUT2D eigenvalue weighted by molar-refractivity contribution is -0.368. The van der Waals surface area contributed by atoms with E-state index in [-0.39, 0.29) is 0 Å². The van der Waals surface area contributed by atoms with Crippen molar-refractivity contribution in [1.29, 1.82) is 0 Å². The van der Waals surface area contributed by atoms with Crippen LogP contribution in [-0.2, 0) is 47.5 Å². The number of nitrogens with one attached hydrogen (secondary N) is 2. The molecule has 24 atom stereocenters. The molecule has 18 N–H and O–H groups in total. The molecule has 4 fully saturated rings. The molecule has 4 aliphatic heterocycles. The fourth-order valence-corrected chi connectivity index (χ4v) is 7.33. The second kappa shape index (κ2) is 23.4. The van der Waals surface area contributed by atoms with Gasteiger partial charge in [-0.3, -0.25) is 9.59 Å². The second-order valence-electron chi connectivity index (χ2n) is 15.2. The van der Waals surface area contributed by atoms with Crippen molar-refractivity contribution in [3.05, 3.63) is 0 Å². The summed E-state index contributed by atoms with van der Waals surface area (Å²) in [5.41, 5.74) is 0. The zero-order valence-electron chi connectivity index (χ0n) is 33.3. The molecule has 0 aromatic rings. The molecule has 0 aromatic heterocycles. The van der Waals surface area contributed by atoms with E-state index < -0.39 is 199 Å². The van der Waals surface area contributed by atoms with E-state index in [1.165, 1.54) is 0 Å². The van der Waals surface area contributed by atoms with Crippen LogP contribution >= 0.6 is 0 Å². The van der Waals surface area contributed by atoms with Gasteiger partial charge in [-0.1, -0.05) is 0 Å². The van der Waals surface area contributed by atoms with Crippen LogP contribution in [0.4, 0.5) is 0 Å². The van der Waals surface area contributed by atoms with E-state index in [9.17, 15) is 91.3 Å². The quantitative estimate of drug-likeness (QED) is 0.0572. The van der Waals surface area contributed by atoms with Crippen LogP contribution < -0.4 is 10.6 Å². The monoisotopic (exact) mass is 912 g/mol. The third kappa shape index (κ3) is 12.1. The van der Waals surface area contributed by atoms with E-state index in [2.05, 4.69) is 10.6 Å². The molecule has 4 heterocycles. The van der Waals surface area contributed by atoms with Crippen LogP contribution in [0.5, 0.6) is 0 Å². The zero-order chi connectivity index (χ0) is 46.3. The fourth-order valence-electron chi connectivity index (χ4n) is 7.33. The van der Waals surface area contributed by atoms with Crippen molar-refractivity contribution in [1.82, 2.24) is 10.6 Å². The van der Waals surface area contributed by atoms with E-state index in [0.29, 0.717) is 0 Å². The van der Waals surface area contributed by atoms with Gasteiger partial charge >= 0.3 is 0 Å². The van der Waals surface area contributed by atoms with Crippen LogP contribution in [-0.4, -0.2) is 280 Å². The Morgan fingerprint density at radius 1 is 0.516 bits per heavy atom. The number of amides is 2. The molecular weight excluding hydrogens is 852 g/mol. The van der Waals surface area contributed by atoms with Crippen molar-refractivity contribution in [2.24, 2.45) is 0 Å². The van der Waals surface area contributed by atoms with Gasteiger partial charge in [0.05, 0.1) is 39.6 Å². The highest BCUT2D eigenvalue weighted by Gasteiger charge is 2.55. The third-order valence-electron chi connectivity index (χ3n) is 10.7. The third-order valence-corrected chi connectivity index (χ3v) is 10.7. The number of carbonyl (C=O) groups excluding carboxylic acids is 2. The molecule has 0 radical (unpaired) electrons. The lowest BCUT2D eigenvalue weighted by Crippen LogP contribution is -2.69. The summed E-state index contributed by atoms with van der Waals surface area (Å²) in [6.07, 6.45) is -41.5. The molecule has 0 aromatic carbocycles. The highest BCUT2D eigenvalue weighted by Crippen LogP contribution is 2.34. The highest BCUT2D eigenvalue weighted by molar-refractivity contribution is 5.73. The minimum Gasteiger partial charge on any atom is -0.394 e. The Balaban J connectivity index is 1.65. The van der Waals surface area contributed by atoms with Crippen LogP contribution in [0.1, 0.15) is 13.8 Å². The fraction of sp³-hybridized carbons (Fsp3) is 0.941. The van der Waals surface area contributed by atoms with Gasteiger partial charge in [-0.05, 0) is 0 Å². The van der Waals surface area contributed by atoms with Crippen molar-refractivity contribution in [3.8, 4) is 0 Å². The molecule has 0 spiro atoms. The highest BCUT2D eigenvalue weighted by atomic mass is 16.8. The van der Waals surface area contributed by atoms with Crippen molar-refractivity contribution >= 4 is 11.8 Å². The molecule has 0 saturated carbocycles. The average molecular weight is 913 g/mol. The Bertz CT molecular complexity index is 1390. The molecule has 4 rings (SSSR count). The van der Waals surface area contributed by atoms with E-state index in [1.54, 1.807) is 0 Å². The first-order valence-corrected chi connectivity index (χ1v) is 19.5. The summed E-state index contributed by atoms with van der Waals surface area (Å²) in [4.78, 5) is 24.4. The topological polar surface area (TPSA) is 456 Å². The number of hydrogen-bond donors (Lipinski definition) is 18. The van der Waals surface area contributed by atoms with E-state index in [4.69, 9.17) is 37.9 Å². The maximum Gasteiger partial charge on any atom is 0.217 e. The minimum atomic E-state index is -2.22. The molecule has 0 bridgehead atoms. The van der Waals surface area contributed by atoms with Crippen molar-refractivity contribution in [2.45, 2.75) is 161 Å². The van der Waals surface area contributed by atoms with Gasteiger partial charge in [0.1, 0.15) is 122 Å². The number of aliphatic hydroxyl groups excluding tert-OH is 16. The Morgan fingerprint density at radius 2 is 1.00 bits per heavy atom. The largest absolute Gasteiger partial charge is 0.394 e. The van der Waals surface area contributed by atoms with E-state index >= 15 is 0 Å². The van der Waals surface area contributed by atoms with Crippen molar-refractivity contribution < 1.29 is 129 Å². The van der Waals surface area contributed by atoms with Crippen molar-refractivity contribution in [2.75, 3.05) is 39.6 Å². The van der Waals surface area contributed by atoms with Gasteiger partial charge in [0.2, 0.25) is 11.8 Å². The summed E-state index contributed by atoms with van der Waals surface area (Å²) >= 11 is 0. The lowest BCUT2D eigenvalue weighted by Gasteiger charge is -2.49. The van der Waals surface area contributed by atoms with Gasteiger partial charge in [-0.2, -0.15) is 0 Å². The van der Waals surface area contributed by atoms with Gasteiger partial charge in [0, 0.05) is 13.8 Å². The maximum atomic E-state index is 12.3. The first kappa shape index (κ1) is 52.6. The van der Waals surface area contributed by atoms with Crippen LogP contribution in [0.3, 0.4) is 0 Å². The predicted molar refractivity (Wildman–Crippen MR) is 192 cm³/mol. The van der Waals surface area contributed by atoms with E-state index in [1.807, 2.05) is 0 Å². The normalized spacial score (nSPS) is 43.6. The summed E-state index contributed by atoms with van der Waals surface area (Å²) < 4.78 is 45.4. The van der Waals surface area contributed by atoms with Crippen LogP contribution in [0.25, 0.3) is 0 Å². The summed E-state index contributed by atoms with van der Waals surface area (Å²) in [5.74, 6) is -1.56. The summed E-state index contributed by atoms with van der Waals surface area (Å²) in [7, 11) is 0. The molecular formula is C34H60N2O26.